The summed E-state index contributed by atoms with van der Waals surface area (Å²) in [6.07, 6.45) is 0.950. The first kappa shape index (κ1) is 17.5. The number of hydrogen-bond donors (Lipinski definition) is 0. The lowest BCUT2D eigenvalue weighted by Gasteiger charge is -2.13. The van der Waals surface area contributed by atoms with E-state index in [1.54, 1.807) is 24.3 Å². The zero-order chi connectivity index (χ0) is 16.8. The first-order valence-electron chi connectivity index (χ1n) is 7.75. The van der Waals surface area contributed by atoms with Crippen LogP contribution >= 0.6 is 15.9 Å². The van der Waals surface area contributed by atoms with Gasteiger partial charge in [0, 0.05) is 4.47 Å². The standard InChI is InChI=1S/C19H21BrO3/c1-4-11-22-16-8-5-14(6-9-16)19(21)23-18-10-7-15(20)12-17(18)13(2)3/h5-10,12-13H,4,11H2,1-3H3. The van der Waals surface area contributed by atoms with E-state index in [1.165, 1.54) is 0 Å². The Hall–Kier alpha value is -1.81. The van der Waals surface area contributed by atoms with Crippen LogP contribution in [0, 0.1) is 0 Å². The van der Waals surface area contributed by atoms with Crippen molar-refractivity contribution in [3.63, 3.8) is 0 Å². The Morgan fingerprint density at radius 1 is 1.13 bits per heavy atom. The van der Waals surface area contributed by atoms with Crippen LogP contribution in [0.5, 0.6) is 11.5 Å². The van der Waals surface area contributed by atoms with Crippen molar-refractivity contribution >= 4 is 21.9 Å². The molecule has 0 spiro atoms. The molecule has 2 aromatic carbocycles. The van der Waals surface area contributed by atoms with Crippen LogP contribution in [0.1, 0.15) is 49.0 Å². The van der Waals surface area contributed by atoms with Crippen molar-refractivity contribution < 1.29 is 14.3 Å². The molecule has 0 heterocycles. The molecule has 0 aliphatic rings. The molecule has 23 heavy (non-hydrogen) atoms. The molecule has 0 bridgehead atoms. The highest BCUT2D eigenvalue weighted by Crippen LogP contribution is 2.30. The van der Waals surface area contributed by atoms with Gasteiger partial charge in [-0.2, -0.15) is 0 Å². The van der Waals surface area contributed by atoms with E-state index in [0.717, 1.165) is 22.2 Å². The quantitative estimate of drug-likeness (QED) is 0.487. The Kier molecular flexibility index (Phi) is 6.22. The monoisotopic (exact) mass is 376 g/mol. The van der Waals surface area contributed by atoms with Crippen LogP contribution in [0.4, 0.5) is 0 Å². The molecule has 4 heteroatoms. The van der Waals surface area contributed by atoms with Gasteiger partial charge >= 0.3 is 5.97 Å². The largest absolute Gasteiger partial charge is 0.494 e. The van der Waals surface area contributed by atoms with Gasteiger partial charge in [-0.1, -0.05) is 36.7 Å². The molecule has 0 aliphatic carbocycles. The molecule has 122 valence electrons. The molecule has 0 saturated heterocycles. The second kappa shape index (κ2) is 8.16. The highest BCUT2D eigenvalue weighted by atomic mass is 79.9. The smallest absolute Gasteiger partial charge is 0.343 e. The maximum Gasteiger partial charge on any atom is 0.343 e. The Morgan fingerprint density at radius 3 is 2.43 bits per heavy atom. The number of esters is 1. The van der Waals surface area contributed by atoms with E-state index < -0.39 is 0 Å². The fraction of sp³-hybridized carbons (Fsp3) is 0.316. The normalized spacial score (nSPS) is 10.7. The van der Waals surface area contributed by atoms with E-state index >= 15 is 0 Å². The first-order chi connectivity index (χ1) is 11.0. The average Bonchev–Trinajstić information content (AvgIpc) is 2.54. The number of benzene rings is 2. The van der Waals surface area contributed by atoms with Crippen LogP contribution in [0.2, 0.25) is 0 Å². The summed E-state index contributed by atoms with van der Waals surface area (Å²) >= 11 is 3.45. The minimum atomic E-state index is -0.365. The SMILES string of the molecule is CCCOc1ccc(C(=O)Oc2ccc(Br)cc2C(C)C)cc1. The Labute approximate surface area is 145 Å². The number of ether oxygens (including phenoxy) is 2. The van der Waals surface area contributed by atoms with Gasteiger partial charge in [0.1, 0.15) is 11.5 Å². The van der Waals surface area contributed by atoms with Gasteiger partial charge in [-0.05, 0) is 60.4 Å². The van der Waals surface area contributed by atoms with Crippen molar-refractivity contribution in [3.8, 4) is 11.5 Å². The third-order valence-corrected chi connectivity index (χ3v) is 3.85. The van der Waals surface area contributed by atoms with Gasteiger partial charge < -0.3 is 9.47 Å². The summed E-state index contributed by atoms with van der Waals surface area (Å²) in [7, 11) is 0. The number of halogens is 1. The molecule has 0 aliphatic heterocycles. The van der Waals surface area contributed by atoms with Crippen LogP contribution in [0.25, 0.3) is 0 Å². The van der Waals surface area contributed by atoms with Gasteiger partial charge in [0.2, 0.25) is 0 Å². The van der Waals surface area contributed by atoms with E-state index in [0.29, 0.717) is 17.9 Å². The van der Waals surface area contributed by atoms with Gasteiger partial charge in [0.05, 0.1) is 12.2 Å². The Balaban J connectivity index is 2.13. The molecule has 0 atom stereocenters. The van der Waals surface area contributed by atoms with Crippen LogP contribution in [0.3, 0.4) is 0 Å². The molecular weight excluding hydrogens is 356 g/mol. The van der Waals surface area contributed by atoms with Crippen LogP contribution in [-0.2, 0) is 0 Å². The Bertz CT molecular complexity index is 663. The molecule has 0 aromatic heterocycles. The highest BCUT2D eigenvalue weighted by Gasteiger charge is 2.14. The molecule has 0 fully saturated rings. The third kappa shape index (κ3) is 4.83. The molecule has 0 amide bonds. The summed E-state index contributed by atoms with van der Waals surface area (Å²) in [6.45, 7) is 6.86. The molecular formula is C19H21BrO3. The second-order valence-electron chi connectivity index (χ2n) is 5.60. The van der Waals surface area contributed by atoms with Gasteiger partial charge in [-0.25, -0.2) is 4.79 Å². The molecule has 2 rings (SSSR count). The average molecular weight is 377 g/mol. The van der Waals surface area contributed by atoms with Crippen LogP contribution in [-0.4, -0.2) is 12.6 Å². The van der Waals surface area contributed by atoms with Crippen LogP contribution < -0.4 is 9.47 Å². The maximum absolute atomic E-state index is 12.3. The highest BCUT2D eigenvalue weighted by molar-refractivity contribution is 9.10. The fourth-order valence-corrected chi connectivity index (χ4v) is 2.51. The maximum atomic E-state index is 12.3. The summed E-state index contributed by atoms with van der Waals surface area (Å²) in [4.78, 5) is 12.3. The summed E-state index contributed by atoms with van der Waals surface area (Å²) in [5, 5.41) is 0. The minimum Gasteiger partial charge on any atom is -0.494 e. The summed E-state index contributed by atoms with van der Waals surface area (Å²) in [6, 6.07) is 12.7. The van der Waals surface area contributed by atoms with E-state index in [4.69, 9.17) is 9.47 Å². The van der Waals surface area contributed by atoms with Crippen molar-refractivity contribution in [2.45, 2.75) is 33.1 Å². The fourth-order valence-electron chi connectivity index (χ4n) is 2.13. The van der Waals surface area contributed by atoms with Gasteiger partial charge in [0.25, 0.3) is 0 Å². The molecule has 0 unspecified atom stereocenters. The second-order valence-corrected chi connectivity index (χ2v) is 6.51. The van der Waals surface area contributed by atoms with Gasteiger partial charge in [0.15, 0.2) is 0 Å². The van der Waals surface area contributed by atoms with E-state index in [9.17, 15) is 4.79 Å². The molecule has 2 aromatic rings. The zero-order valence-corrected chi connectivity index (χ0v) is 15.2. The summed E-state index contributed by atoms with van der Waals surface area (Å²) < 4.78 is 12.1. The number of carbonyl (C=O) groups excluding carboxylic acids is 1. The number of hydrogen-bond acceptors (Lipinski definition) is 3. The van der Waals surface area contributed by atoms with E-state index in [2.05, 4.69) is 36.7 Å². The topological polar surface area (TPSA) is 35.5 Å². The predicted octanol–water partition coefficient (Wildman–Crippen LogP) is 5.58. The van der Waals surface area contributed by atoms with Gasteiger partial charge in [-0.15, -0.1) is 0 Å². The van der Waals surface area contributed by atoms with Crippen molar-refractivity contribution in [2.24, 2.45) is 0 Å². The van der Waals surface area contributed by atoms with E-state index in [1.807, 2.05) is 18.2 Å². The molecule has 0 saturated carbocycles. The minimum absolute atomic E-state index is 0.264. The molecule has 3 nitrogen and oxygen atoms in total. The van der Waals surface area contributed by atoms with Crippen molar-refractivity contribution in [1.29, 1.82) is 0 Å². The first-order valence-corrected chi connectivity index (χ1v) is 8.55. The van der Waals surface area contributed by atoms with E-state index in [-0.39, 0.29) is 11.9 Å². The lowest BCUT2D eigenvalue weighted by molar-refractivity contribution is 0.0733. The predicted molar refractivity (Wildman–Crippen MR) is 95.4 cm³/mol. The van der Waals surface area contributed by atoms with Crippen molar-refractivity contribution in [1.82, 2.24) is 0 Å². The lowest BCUT2D eigenvalue weighted by atomic mass is 10.0. The van der Waals surface area contributed by atoms with Crippen molar-refractivity contribution in [2.75, 3.05) is 6.61 Å². The zero-order valence-electron chi connectivity index (χ0n) is 13.6. The van der Waals surface area contributed by atoms with Crippen molar-refractivity contribution in [3.05, 3.63) is 58.1 Å². The molecule has 0 radical (unpaired) electrons. The summed E-state index contributed by atoms with van der Waals surface area (Å²) in [5.41, 5.74) is 1.50. The lowest BCUT2D eigenvalue weighted by Crippen LogP contribution is -2.10. The Morgan fingerprint density at radius 2 is 1.83 bits per heavy atom. The van der Waals surface area contributed by atoms with Gasteiger partial charge in [-0.3, -0.25) is 0 Å². The number of rotatable bonds is 6. The summed E-state index contributed by atoms with van der Waals surface area (Å²) in [5.74, 6) is 1.26. The third-order valence-electron chi connectivity index (χ3n) is 3.36. The number of carbonyl (C=O) groups is 1. The van der Waals surface area contributed by atoms with Crippen LogP contribution in [0.15, 0.2) is 46.9 Å². The molecule has 0 N–H and O–H groups in total.